The van der Waals surface area contributed by atoms with E-state index in [1.165, 1.54) is 17.7 Å². The fourth-order valence-corrected chi connectivity index (χ4v) is 9.08. The number of hydrogen-bond acceptors (Lipinski definition) is 9. The van der Waals surface area contributed by atoms with E-state index in [2.05, 4.69) is 139 Å². The maximum Gasteiger partial charge on any atom is 0.272 e. The summed E-state index contributed by atoms with van der Waals surface area (Å²) in [5.41, 5.74) is 15.3. The van der Waals surface area contributed by atoms with E-state index < -0.39 is 47.7 Å². The molecule has 16 heteroatoms. The van der Waals surface area contributed by atoms with E-state index in [0.29, 0.717) is 56.6 Å². The Bertz CT molecular complexity index is 2450. The molecular formula is C83H139N7O8Y-2. The first-order chi connectivity index (χ1) is 47.2. The fourth-order valence-electron chi connectivity index (χ4n) is 9.08. The van der Waals surface area contributed by atoms with Gasteiger partial charge in [0.1, 0.15) is 6.04 Å². The van der Waals surface area contributed by atoms with Crippen LogP contribution in [-0.2, 0) is 77.5 Å². The first-order valence-corrected chi connectivity index (χ1v) is 34.4. The number of carbonyl (C=O) groups is 6. The standard InChI is InChI=1S/C27H34N4O3.C24H36N3O3.C6H5.2C3H8.2C2H6O.2C2H6.6C2H4.Y/c1-5-11-19(24(28)32)21(16-17(2)3)26(33)30-25-27(34)31(4)22-15-10-9-14-20(22)23(29-25)18-12-7-6-8-13-18;1-4-10-19(22(25)28)20(15-17(2)3)23(29)26-21-13-8-9-14-27(24(21)30)16-18-11-6-5-7-12-18;1-2-4-6-5-3-1;4*1-3-2;8*1-2;/h6-10,12-15,17,19,21,25H,5,11,16H2,1-4H3,(H2,28,32)(H,30,33);5-6,11-12,17,19-21H,4,8-10,13-16H2,1-3H3,(H2,25,28)(H,26,29);1-5H;2*3H2,1-2H3;2*1-2H3;2*1-2H3;6*1-2H2;/q;2*-1;;;;;;;;;;;;;/t19-,21+,25?;19-,20+,21-;;;;;;;;;;;;;;/m00............../s1. The second-order valence-electron chi connectivity index (χ2n) is 21.3. The van der Waals surface area contributed by atoms with Crippen molar-refractivity contribution >= 4 is 46.8 Å². The minimum absolute atomic E-state index is 0. The maximum atomic E-state index is 13.5. The molecule has 0 bridgehead atoms. The summed E-state index contributed by atoms with van der Waals surface area (Å²) in [7, 11) is 8.18. The van der Waals surface area contributed by atoms with Crippen molar-refractivity contribution in [2.24, 2.45) is 52.0 Å². The number of primary amides is 2. The molecule has 2 heterocycles. The van der Waals surface area contributed by atoms with E-state index in [1.54, 1.807) is 35.5 Å². The molecule has 0 aromatic heterocycles. The third-order valence-corrected chi connectivity index (χ3v) is 12.5. The third kappa shape index (κ3) is 54.4. The summed E-state index contributed by atoms with van der Waals surface area (Å²) in [6, 6.07) is 39.7. The van der Waals surface area contributed by atoms with Crippen molar-refractivity contribution < 1.29 is 71.0 Å². The topological polar surface area (TPSA) is 216 Å². The number of hydrogen-bond donors (Lipinski definition) is 4. The number of likely N-dealkylation sites (N-methyl/N-ethyl adjacent to an activating group) is 1. The minimum atomic E-state index is -1.12. The number of carbonyl (C=O) groups excluding carboxylic acids is 6. The van der Waals surface area contributed by atoms with Crippen LogP contribution in [0.2, 0.25) is 0 Å². The van der Waals surface area contributed by atoms with Crippen LogP contribution in [0.5, 0.6) is 0 Å². The van der Waals surface area contributed by atoms with Gasteiger partial charge in [-0.25, -0.2) is 4.99 Å². The maximum absolute atomic E-state index is 13.5. The van der Waals surface area contributed by atoms with Gasteiger partial charge in [-0.1, -0.05) is 171 Å². The normalized spacial score (nSPS) is 13.4. The molecule has 1 radical (unpaired) electrons. The van der Waals surface area contributed by atoms with Crippen molar-refractivity contribution in [3.05, 3.63) is 217 Å². The van der Waals surface area contributed by atoms with Crippen molar-refractivity contribution in [2.45, 2.75) is 186 Å². The Morgan fingerprint density at radius 1 is 0.566 bits per heavy atom. The van der Waals surface area contributed by atoms with Gasteiger partial charge < -0.3 is 41.4 Å². The van der Waals surface area contributed by atoms with E-state index in [-0.39, 0.29) is 68.2 Å². The molecule has 2 aliphatic heterocycles. The molecule has 0 saturated carbocycles. The summed E-state index contributed by atoms with van der Waals surface area (Å²) < 4.78 is 8.50. The van der Waals surface area contributed by atoms with Gasteiger partial charge in [-0.3, -0.25) is 28.8 Å². The van der Waals surface area contributed by atoms with Gasteiger partial charge in [-0.05, 0) is 62.8 Å². The van der Waals surface area contributed by atoms with Gasteiger partial charge in [0.2, 0.25) is 35.7 Å². The average Bonchev–Trinajstić information content (AvgIpc) is 1.69. The number of amides is 6. The van der Waals surface area contributed by atoms with Crippen LogP contribution in [-0.4, -0.2) is 100 Å². The smallest absolute Gasteiger partial charge is 0.272 e. The quantitative estimate of drug-likeness (QED) is 0.0522. The van der Waals surface area contributed by atoms with Crippen LogP contribution in [0.25, 0.3) is 0 Å². The largest absolute Gasteiger partial charge is 0.388 e. The molecule has 99 heavy (non-hydrogen) atoms. The molecule has 2 aliphatic rings. The number of rotatable bonds is 19. The number of nitrogens with two attached hydrogens (primary N) is 2. The molecule has 6 atom stereocenters. The zero-order valence-corrected chi connectivity index (χ0v) is 68.4. The molecule has 6 N–H and O–H groups in total. The predicted molar refractivity (Wildman–Crippen MR) is 425 cm³/mol. The van der Waals surface area contributed by atoms with E-state index in [1.807, 2.05) is 183 Å². The van der Waals surface area contributed by atoms with Crippen molar-refractivity contribution in [2.75, 3.05) is 46.9 Å². The van der Waals surface area contributed by atoms with Crippen molar-refractivity contribution in [3.63, 3.8) is 0 Å². The van der Waals surface area contributed by atoms with Crippen LogP contribution >= 0.6 is 0 Å². The number of benzodiazepines with no additional fused rings is 1. The second kappa shape index (κ2) is 83.3. The number of fused-ring (bicyclic) bond motifs is 1. The van der Waals surface area contributed by atoms with Crippen LogP contribution in [0.3, 0.4) is 0 Å². The summed E-state index contributed by atoms with van der Waals surface area (Å²) in [6.45, 7) is 65.7. The monoisotopic (exact) mass is 1450 g/mol. The molecule has 0 aliphatic carbocycles. The molecule has 559 valence electrons. The van der Waals surface area contributed by atoms with Crippen molar-refractivity contribution in [1.82, 2.24) is 15.5 Å². The van der Waals surface area contributed by atoms with Gasteiger partial charge in [0.05, 0.1) is 11.4 Å². The van der Waals surface area contributed by atoms with Crippen molar-refractivity contribution in [1.29, 1.82) is 0 Å². The molecule has 15 nitrogen and oxygen atoms in total. The summed E-state index contributed by atoms with van der Waals surface area (Å²) in [6.07, 6.45) is 7.44. The first-order valence-electron chi connectivity index (χ1n) is 34.4. The van der Waals surface area contributed by atoms with Crippen LogP contribution in [0.15, 0.2) is 193 Å². The molecule has 1 unspecified atom stereocenters. The Labute approximate surface area is 631 Å². The molecule has 6 rings (SSSR count). The number of anilines is 1. The van der Waals surface area contributed by atoms with Crippen molar-refractivity contribution in [3.8, 4) is 0 Å². The van der Waals surface area contributed by atoms with Gasteiger partial charge >= 0.3 is 0 Å². The summed E-state index contributed by atoms with van der Waals surface area (Å²) in [5.74, 6) is -3.75. The van der Waals surface area contributed by atoms with Gasteiger partial charge in [-0.2, -0.15) is 66.7 Å². The van der Waals surface area contributed by atoms with Gasteiger partial charge in [0.25, 0.3) is 5.91 Å². The van der Waals surface area contributed by atoms with Crippen LogP contribution in [0.4, 0.5) is 5.69 Å². The number of para-hydroxylation sites is 1. The minimum Gasteiger partial charge on any atom is -0.388 e. The van der Waals surface area contributed by atoms with Crippen LogP contribution < -0.4 is 27.0 Å². The van der Waals surface area contributed by atoms with Gasteiger partial charge in [-0.15, -0.1) is 84.5 Å². The SMILES string of the molecule is C=C.C=C.C=C.C=C.C=C.C=C.CC.CC.CCC.CCC.CCC[C@H](C(N)=O)[C@@H](CC(C)C)C(=O)NC1N=C(c2ccccc2)c2ccccc2N(C)C1=O.CCC[C@H](C(N)=O)[C@@H](CC(C)C)C(=O)N[C@H]1CCCCN(Cc2c[c-]ccc2)C1=O.COC.COC.[Y].[c-]1ccccc1. The Balaban J connectivity index is -0.000000137. The Hall–Kier alpha value is -7.17. The zero-order chi connectivity index (χ0) is 78.0. The predicted octanol–water partition coefficient (Wildman–Crippen LogP) is 18.3. The molecule has 1 saturated heterocycles. The number of benzene rings is 4. The number of methoxy groups -OCH3 is 2. The average molecular weight is 1450 g/mol. The summed E-state index contributed by atoms with van der Waals surface area (Å²) in [5, 5.41) is 5.83. The number of aliphatic imine (C=N–C) groups is 1. The van der Waals surface area contributed by atoms with Crippen LogP contribution in [0, 0.1) is 47.6 Å². The number of nitrogens with zero attached hydrogens (tertiary/aromatic N) is 3. The van der Waals surface area contributed by atoms with Gasteiger partial charge in [0, 0.05) is 116 Å². The molecule has 0 spiro atoms. The zero-order valence-electron chi connectivity index (χ0n) is 65.5. The van der Waals surface area contributed by atoms with E-state index in [0.717, 1.165) is 42.4 Å². The van der Waals surface area contributed by atoms with E-state index in [4.69, 9.17) is 16.5 Å². The summed E-state index contributed by atoms with van der Waals surface area (Å²) in [4.78, 5) is 85.6. The molecule has 6 amide bonds. The molecule has 4 aromatic carbocycles. The number of likely N-dealkylation sites (tertiary alicyclic amines) is 1. The Kier molecular flexibility index (Phi) is 95.1. The second-order valence-corrected chi connectivity index (χ2v) is 21.3. The first kappa shape index (κ1) is 113. The molecular weight excluding hydrogens is 1310 g/mol. The number of nitrogens with one attached hydrogen (secondary N) is 2. The number of ether oxygens (including phenoxy) is 2. The molecule has 4 aromatic rings. The van der Waals surface area contributed by atoms with E-state index >= 15 is 0 Å². The molecule has 1 fully saturated rings. The Morgan fingerprint density at radius 2 is 0.960 bits per heavy atom. The third-order valence-electron chi connectivity index (χ3n) is 12.5. The summed E-state index contributed by atoms with van der Waals surface area (Å²) >= 11 is 0. The van der Waals surface area contributed by atoms with E-state index in [9.17, 15) is 28.8 Å². The fraction of sp³-hybridized carbons (Fsp3) is 0.482. The van der Waals surface area contributed by atoms with Crippen LogP contribution in [0.1, 0.15) is 184 Å². The van der Waals surface area contributed by atoms with Gasteiger partial charge in [0.15, 0.2) is 0 Å². The Morgan fingerprint density at radius 3 is 1.32 bits per heavy atom.